The van der Waals surface area contributed by atoms with Crippen LogP contribution >= 0.6 is 0 Å². The molecule has 0 radical (unpaired) electrons. The molecule has 0 aliphatic heterocycles. The number of benzene rings is 2. The fourth-order valence-corrected chi connectivity index (χ4v) is 6.47. The minimum atomic E-state index is 0.853. The Hall–Kier alpha value is -4.25. The molecule has 0 saturated heterocycles. The molecular formula is C41H51N5. The van der Waals surface area contributed by atoms with Gasteiger partial charge in [-0.05, 0) is 178 Å². The van der Waals surface area contributed by atoms with Gasteiger partial charge in [0.25, 0.3) is 0 Å². The molecule has 4 heterocycles. The smallest absolute Gasteiger partial charge is 0.126 e. The van der Waals surface area contributed by atoms with E-state index in [0.717, 1.165) is 45.2 Å². The lowest BCUT2D eigenvalue weighted by atomic mass is 9.94. The Balaban J connectivity index is 0.000000157. The van der Waals surface area contributed by atoms with E-state index in [1.54, 1.807) is 0 Å². The van der Waals surface area contributed by atoms with E-state index in [0.29, 0.717) is 0 Å². The summed E-state index contributed by atoms with van der Waals surface area (Å²) in [4.78, 5) is 22.9. The average molecular weight is 614 g/mol. The summed E-state index contributed by atoms with van der Waals surface area (Å²) in [5, 5.41) is 2.57. The monoisotopic (exact) mass is 613 g/mol. The Morgan fingerprint density at radius 2 is 0.761 bits per heavy atom. The summed E-state index contributed by atoms with van der Waals surface area (Å²) in [5.41, 5.74) is 23.0. The lowest BCUT2D eigenvalue weighted by Crippen LogP contribution is -1.98. The van der Waals surface area contributed by atoms with Gasteiger partial charge in [-0.25, -0.2) is 9.97 Å². The van der Waals surface area contributed by atoms with Crippen molar-refractivity contribution in [1.82, 2.24) is 24.9 Å². The van der Waals surface area contributed by atoms with Crippen molar-refractivity contribution in [2.45, 2.75) is 111 Å². The van der Waals surface area contributed by atoms with Crippen LogP contribution in [0.1, 0.15) is 89.8 Å². The van der Waals surface area contributed by atoms with E-state index >= 15 is 0 Å². The number of hydrogen-bond acceptors (Lipinski definition) is 5. The number of nitrogens with zero attached hydrogens (tertiary/aromatic N) is 5. The zero-order valence-electron chi connectivity index (χ0n) is 31.0. The van der Waals surface area contributed by atoms with Gasteiger partial charge in [0.2, 0.25) is 0 Å². The molecule has 0 aliphatic rings. The van der Waals surface area contributed by atoms with Crippen molar-refractivity contribution >= 4 is 32.8 Å². The van der Waals surface area contributed by atoms with Crippen molar-refractivity contribution in [2.24, 2.45) is 0 Å². The average Bonchev–Trinajstić information content (AvgIpc) is 2.97. The molecule has 0 amide bonds. The van der Waals surface area contributed by atoms with Crippen molar-refractivity contribution in [3.05, 3.63) is 108 Å². The molecular weight excluding hydrogens is 562 g/mol. The van der Waals surface area contributed by atoms with Crippen molar-refractivity contribution in [1.29, 1.82) is 0 Å². The van der Waals surface area contributed by atoms with Crippen LogP contribution < -0.4 is 0 Å². The number of pyridine rings is 3. The summed E-state index contributed by atoms with van der Waals surface area (Å²) in [6.45, 7) is 33.8. The lowest BCUT2D eigenvalue weighted by molar-refractivity contribution is 1.04. The molecule has 6 rings (SSSR count). The molecule has 0 fully saturated rings. The Kier molecular flexibility index (Phi) is 9.96. The van der Waals surface area contributed by atoms with Gasteiger partial charge in [-0.1, -0.05) is 12.1 Å². The summed E-state index contributed by atoms with van der Waals surface area (Å²) in [6, 6.07) is 6.52. The lowest BCUT2D eigenvalue weighted by Gasteiger charge is -2.14. The number of hydrogen-bond donors (Lipinski definition) is 0. The number of fused-ring (bicyclic) bond motifs is 3. The summed E-state index contributed by atoms with van der Waals surface area (Å²) < 4.78 is 0. The predicted molar refractivity (Wildman–Crippen MR) is 197 cm³/mol. The van der Waals surface area contributed by atoms with Crippen LogP contribution in [-0.2, 0) is 0 Å². The van der Waals surface area contributed by atoms with Crippen LogP contribution in [0.4, 0.5) is 0 Å². The minimum absolute atomic E-state index is 0.853. The van der Waals surface area contributed by atoms with Gasteiger partial charge in [0.1, 0.15) is 5.82 Å². The van der Waals surface area contributed by atoms with Gasteiger partial charge in [-0.2, -0.15) is 0 Å². The van der Waals surface area contributed by atoms with E-state index in [2.05, 4.69) is 135 Å². The van der Waals surface area contributed by atoms with Gasteiger partial charge in [-0.15, -0.1) is 0 Å². The van der Waals surface area contributed by atoms with Gasteiger partial charge in [0.05, 0.1) is 22.1 Å². The van der Waals surface area contributed by atoms with E-state index in [4.69, 9.17) is 4.98 Å². The Morgan fingerprint density at radius 3 is 1.33 bits per heavy atom. The quantitative estimate of drug-likeness (QED) is 0.171. The molecule has 240 valence electrons. The second-order valence-electron chi connectivity index (χ2n) is 13.2. The van der Waals surface area contributed by atoms with Crippen LogP contribution in [0.15, 0.2) is 18.2 Å². The highest BCUT2D eigenvalue weighted by Crippen LogP contribution is 2.30. The molecule has 0 spiro atoms. The SMILES string of the molecule is Cc1cc(C)c2nc(C)c(C)c(C)c2c1C.Cc1cc(C)c2nc(C)c(C)c(C)c2n1.Cc1nc(C)c2c(C)c(C)cc(C)c2n1. The molecule has 4 aromatic heterocycles. The standard InChI is InChI=1S/C15H19N.2C13H16N2/c1-8-7-9(2)15-14(10(8)3)12(5)11(4)13(6)16-15;1-7-6-8(2)14-13-10(4)9(3)11(5)15-12(7)13;1-7-6-8(2)13-12(9(7)3)10(4)14-11(5)15-13/h7H,1-6H3;2*6H,1-5H3. The maximum Gasteiger partial charge on any atom is 0.126 e. The van der Waals surface area contributed by atoms with Gasteiger partial charge < -0.3 is 0 Å². The highest BCUT2D eigenvalue weighted by molar-refractivity contribution is 5.90. The largest absolute Gasteiger partial charge is 0.253 e. The first kappa shape index (κ1) is 34.6. The Bertz CT molecular complexity index is 2150. The maximum absolute atomic E-state index is 4.74. The molecule has 0 atom stereocenters. The molecule has 6 aromatic rings. The number of aromatic nitrogens is 5. The zero-order chi connectivity index (χ0) is 34.4. The first-order valence-electron chi connectivity index (χ1n) is 16.2. The Morgan fingerprint density at radius 1 is 0.304 bits per heavy atom. The minimum Gasteiger partial charge on any atom is -0.253 e. The molecule has 0 bridgehead atoms. The molecule has 5 heteroatoms. The summed E-state index contributed by atoms with van der Waals surface area (Å²) in [6.07, 6.45) is 0. The molecule has 0 aliphatic carbocycles. The van der Waals surface area contributed by atoms with Crippen LogP contribution in [-0.4, -0.2) is 24.9 Å². The highest BCUT2D eigenvalue weighted by Gasteiger charge is 2.12. The van der Waals surface area contributed by atoms with Gasteiger partial charge in [-0.3, -0.25) is 15.0 Å². The van der Waals surface area contributed by atoms with Gasteiger partial charge in [0.15, 0.2) is 0 Å². The molecule has 5 nitrogen and oxygen atoms in total. The van der Waals surface area contributed by atoms with E-state index in [1.165, 1.54) is 77.5 Å². The van der Waals surface area contributed by atoms with E-state index in [1.807, 2.05) is 13.8 Å². The normalized spacial score (nSPS) is 11.0. The predicted octanol–water partition coefficient (Wildman–Crippen LogP) is 10.4. The van der Waals surface area contributed by atoms with E-state index in [9.17, 15) is 0 Å². The fourth-order valence-electron chi connectivity index (χ4n) is 6.47. The van der Waals surface area contributed by atoms with Crippen molar-refractivity contribution in [3.63, 3.8) is 0 Å². The van der Waals surface area contributed by atoms with Crippen LogP contribution in [0.25, 0.3) is 32.8 Å². The third-order valence-electron chi connectivity index (χ3n) is 9.80. The zero-order valence-corrected chi connectivity index (χ0v) is 31.0. The first-order valence-corrected chi connectivity index (χ1v) is 16.2. The van der Waals surface area contributed by atoms with Crippen LogP contribution in [0.3, 0.4) is 0 Å². The third kappa shape index (κ3) is 6.51. The van der Waals surface area contributed by atoms with Crippen LogP contribution in [0, 0.1) is 111 Å². The first-order chi connectivity index (χ1) is 21.4. The van der Waals surface area contributed by atoms with E-state index < -0.39 is 0 Å². The summed E-state index contributed by atoms with van der Waals surface area (Å²) >= 11 is 0. The number of rotatable bonds is 0. The summed E-state index contributed by atoms with van der Waals surface area (Å²) in [5.74, 6) is 0.853. The number of aryl methyl sites for hydroxylation is 14. The van der Waals surface area contributed by atoms with Gasteiger partial charge in [0, 0.05) is 33.5 Å². The van der Waals surface area contributed by atoms with Crippen LogP contribution in [0.5, 0.6) is 0 Å². The molecule has 0 N–H and O–H groups in total. The van der Waals surface area contributed by atoms with Crippen LogP contribution in [0.2, 0.25) is 0 Å². The van der Waals surface area contributed by atoms with Crippen molar-refractivity contribution < 1.29 is 0 Å². The second-order valence-corrected chi connectivity index (χ2v) is 13.2. The second kappa shape index (κ2) is 13.2. The summed E-state index contributed by atoms with van der Waals surface area (Å²) in [7, 11) is 0. The topological polar surface area (TPSA) is 64.5 Å². The van der Waals surface area contributed by atoms with E-state index in [-0.39, 0.29) is 0 Å². The Labute approximate surface area is 276 Å². The molecule has 2 aromatic carbocycles. The van der Waals surface area contributed by atoms with Crippen molar-refractivity contribution in [2.75, 3.05) is 0 Å². The maximum atomic E-state index is 4.74. The highest BCUT2D eigenvalue weighted by atomic mass is 14.9. The fraction of sp³-hybridized carbons (Fsp3) is 0.390. The molecule has 46 heavy (non-hydrogen) atoms. The van der Waals surface area contributed by atoms with Gasteiger partial charge >= 0.3 is 0 Å². The third-order valence-corrected chi connectivity index (χ3v) is 9.80. The van der Waals surface area contributed by atoms with Crippen molar-refractivity contribution in [3.8, 4) is 0 Å². The molecule has 0 saturated carbocycles. The molecule has 0 unspecified atom stereocenters.